The van der Waals surface area contributed by atoms with Crippen molar-refractivity contribution < 1.29 is 9.60 Å². The van der Waals surface area contributed by atoms with Gasteiger partial charge in [0.05, 0.1) is 0 Å². The summed E-state index contributed by atoms with van der Waals surface area (Å²) in [5.41, 5.74) is 8.28. The van der Waals surface area contributed by atoms with E-state index in [0.717, 1.165) is 11.1 Å². The minimum Gasteiger partial charge on any atom is -0.409 e. The molecule has 0 aliphatic rings. The first-order chi connectivity index (χ1) is 10.1. The zero-order valence-corrected chi connectivity index (χ0v) is 11.8. The highest BCUT2D eigenvalue weighted by atomic mass is 19.1. The van der Waals surface area contributed by atoms with Crippen LogP contribution in [0.2, 0.25) is 0 Å². The van der Waals surface area contributed by atoms with Gasteiger partial charge < -0.3 is 16.3 Å². The number of rotatable bonds is 5. The van der Waals surface area contributed by atoms with Crippen molar-refractivity contribution in [3.8, 4) is 0 Å². The van der Waals surface area contributed by atoms with Crippen LogP contribution in [0.1, 0.15) is 29.7 Å². The van der Waals surface area contributed by atoms with Crippen LogP contribution in [0, 0.1) is 5.82 Å². The molecule has 2 aromatic rings. The molecule has 21 heavy (non-hydrogen) atoms. The van der Waals surface area contributed by atoms with Crippen molar-refractivity contribution in [1.29, 1.82) is 0 Å². The Morgan fingerprint density at radius 2 is 2.00 bits per heavy atom. The lowest BCUT2D eigenvalue weighted by molar-refractivity contribution is 0.318. The van der Waals surface area contributed by atoms with Crippen LogP contribution in [-0.2, 0) is 6.54 Å². The van der Waals surface area contributed by atoms with Gasteiger partial charge in [-0.15, -0.1) is 0 Å². The number of hydrogen-bond donors (Lipinski definition) is 3. The van der Waals surface area contributed by atoms with Gasteiger partial charge in [-0.2, -0.15) is 0 Å². The molecule has 5 heteroatoms. The molecule has 0 aromatic heterocycles. The van der Waals surface area contributed by atoms with E-state index in [2.05, 4.69) is 10.5 Å². The molecule has 0 bridgehead atoms. The number of hydrogen-bond acceptors (Lipinski definition) is 3. The van der Waals surface area contributed by atoms with Crippen molar-refractivity contribution in [1.82, 2.24) is 5.32 Å². The van der Waals surface area contributed by atoms with E-state index in [9.17, 15) is 4.39 Å². The standard InChI is InChI=1S/C16H18FN3O/c1-11(13-5-7-15(17)8-6-13)19-10-12-3-2-4-14(9-12)16(18)20-21/h2-9,11,19,21H,10H2,1H3,(H2,18,20)/t11-/m1/s1. The predicted octanol–water partition coefficient (Wildman–Crippen LogP) is 2.77. The molecule has 0 spiro atoms. The number of oxime groups is 1. The van der Waals surface area contributed by atoms with E-state index >= 15 is 0 Å². The van der Waals surface area contributed by atoms with E-state index in [1.165, 1.54) is 12.1 Å². The van der Waals surface area contributed by atoms with Gasteiger partial charge in [0.1, 0.15) is 5.82 Å². The van der Waals surface area contributed by atoms with Crippen molar-refractivity contribution in [2.24, 2.45) is 10.9 Å². The summed E-state index contributed by atoms with van der Waals surface area (Å²) >= 11 is 0. The Kier molecular flexibility index (Phi) is 4.90. The second-order valence-corrected chi connectivity index (χ2v) is 4.84. The molecule has 0 saturated heterocycles. The average Bonchev–Trinajstić information content (AvgIpc) is 2.52. The van der Waals surface area contributed by atoms with E-state index in [1.54, 1.807) is 18.2 Å². The highest BCUT2D eigenvalue weighted by molar-refractivity contribution is 5.97. The van der Waals surface area contributed by atoms with Gasteiger partial charge >= 0.3 is 0 Å². The summed E-state index contributed by atoms with van der Waals surface area (Å²) in [6.45, 7) is 2.64. The number of nitrogens with one attached hydrogen (secondary N) is 1. The third-order valence-corrected chi connectivity index (χ3v) is 3.31. The Bertz CT molecular complexity index is 626. The van der Waals surface area contributed by atoms with Crippen molar-refractivity contribution >= 4 is 5.84 Å². The zero-order valence-electron chi connectivity index (χ0n) is 11.8. The minimum absolute atomic E-state index is 0.0865. The van der Waals surface area contributed by atoms with E-state index in [1.807, 2.05) is 25.1 Å². The van der Waals surface area contributed by atoms with Gasteiger partial charge in [-0.3, -0.25) is 0 Å². The molecule has 0 heterocycles. The molecule has 4 nitrogen and oxygen atoms in total. The Morgan fingerprint density at radius 3 is 2.67 bits per heavy atom. The second-order valence-electron chi connectivity index (χ2n) is 4.84. The number of nitrogens with zero attached hydrogens (tertiary/aromatic N) is 1. The molecule has 0 aliphatic heterocycles. The fourth-order valence-corrected chi connectivity index (χ4v) is 2.04. The Labute approximate surface area is 123 Å². The SMILES string of the molecule is C[C@@H](NCc1cccc(/C(N)=N/O)c1)c1ccc(F)cc1. The van der Waals surface area contributed by atoms with Crippen molar-refractivity contribution in [3.63, 3.8) is 0 Å². The molecule has 0 fully saturated rings. The molecule has 2 rings (SSSR count). The van der Waals surface area contributed by atoms with E-state index in [4.69, 9.17) is 10.9 Å². The van der Waals surface area contributed by atoms with Gasteiger partial charge in [0, 0.05) is 18.2 Å². The second kappa shape index (κ2) is 6.85. The molecule has 110 valence electrons. The van der Waals surface area contributed by atoms with Gasteiger partial charge in [0.15, 0.2) is 5.84 Å². The maximum Gasteiger partial charge on any atom is 0.170 e. The minimum atomic E-state index is -0.239. The largest absolute Gasteiger partial charge is 0.409 e. The first-order valence-electron chi connectivity index (χ1n) is 6.66. The average molecular weight is 287 g/mol. The normalized spacial score (nSPS) is 13.1. The van der Waals surface area contributed by atoms with Crippen LogP contribution < -0.4 is 11.1 Å². The molecule has 0 saturated carbocycles. The van der Waals surface area contributed by atoms with Crippen LogP contribution in [0.25, 0.3) is 0 Å². The molecular weight excluding hydrogens is 269 g/mol. The number of halogens is 1. The molecular formula is C16H18FN3O. The van der Waals surface area contributed by atoms with Crippen molar-refractivity contribution in [2.45, 2.75) is 19.5 Å². The summed E-state index contributed by atoms with van der Waals surface area (Å²) in [4.78, 5) is 0. The van der Waals surface area contributed by atoms with Crippen LogP contribution in [0.15, 0.2) is 53.7 Å². The molecule has 4 N–H and O–H groups in total. The summed E-state index contributed by atoms with van der Waals surface area (Å²) < 4.78 is 12.9. The zero-order chi connectivity index (χ0) is 15.2. The van der Waals surface area contributed by atoms with Crippen LogP contribution in [-0.4, -0.2) is 11.0 Å². The lowest BCUT2D eigenvalue weighted by Crippen LogP contribution is -2.19. The summed E-state index contributed by atoms with van der Waals surface area (Å²) in [5, 5.41) is 15.0. The Balaban J connectivity index is 2.01. The third-order valence-electron chi connectivity index (χ3n) is 3.31. The fourth-order valence-electron chi connectivity index (χ4n) is 2.04. The first kappa shape index (κ1) is 15.0. The highest BCUT2D eigenvalue weighted by Crippen LogP contribution is 2.14. The Hall–Kier alpha value is -2.40. The topological polar surface area (TPSA) is 70.6 Å². The predicted molar refractivity (Wildman–Crippen MR) is 80.6 cm³/mol. The third kappa shape index (κ3) is 4.03. The maximum absolute atomic E-state index is 12.9. The monoisotopic (exact) mass is 287 g/mol. The summed E-state index contributed by atoms with van der Waals surface area (Å²) in [6.07, 6.45) is 0. The molecule has 0 amide bonds. The van der Waals surface area contributed by atoms with Crippen LogP contribution in [0.4, 0.5) is 4.39 Å². The summed E-state index contributed by atoms with van der Waals surface area (Å²) in [5.74, 6) is -0.152. The molecule has 0 aliphatic carbocycles. The van der Waals surface area contributed by atoms with E-state index in [0.29, 0.717) is 12.1 Å². The molecule has 0 radical (unpaired) electrons. The highest BCUT2D eigenvalue weighted by Gasteiger charge is 2.06. The molecule has 2 aromatic carbocycles. The first-order valence-corrected chi connectivity index (χ1v) is 6.66. The molecule has 0 unspecified atom stereocenters. The lowest BCUT2D eigenvalue weighted by atomic mass is 10.1. The number of nitrogens with two attached hydrogens (primary N) is 1. The maximum atomic E-state index is 12.9. The van der Waals surface area contributed by atoms with Gasteiger partial charge in [-0.05, 0) is 36.2 Å². The number of amidine groups is 1. The summed E-state index contributed by atoms with van der Waals surface area (Å²) in [6, 6.07) is 14.0. The van der Waals surface area contributed by atoms with Crippen LogP contribution in [0.5, 0.6) is 0 Å². The van der Waals surface area contributed by atoms with Crippen LogP contribution >= 0.6 is 0 Å². The van der Waals surface area contributed by atoms with Crippen molar-refractivity contribution in [3.05, 3.63) is 71.0 Å². The van der Waals surface area contributed by atoms with Crippen molar-refractivity contribution in [2.75, 3.05) is 0 Å². The molecule has 1 atom stereocenters. The van der Waals surface area contributed by atoms with Gasteiger partial charge in [-0.1, -0.05) is 35.5 Å². The van der Waals surface area contributed by atoms with Gasteiger partial charge in [0.2, 0.25) is 0 Å². The van der Waals surface area contributed by atoms with E-state index < -0.39 is 0 Å². The van der Waals surface area contributed by atoms with Gasteiger partial charge in [0.25, 0.3) is 0 Å². The lowest BCUT2D eigenvalue weighted by Gasteiger charge is -2.14. The van der Waals surface area contributed by atoms with Crippen LogP contribution in [0.3, 0.4) is 0 Å². The number of benzene rings is 2. The van der Waals surface area contributed by atoms with Gasteiger partial charge in [-0.25, -0.2) is 4.39 Å². The summed E-state index contributed by atoms with van der Waals surface area (Å²) in [7, 11) is 0. The smallest absolute Gasteiger partial charge is 0.170 e. The Morgan fingerprint density at radius 1 is 1.29 bits per heavy atom. The fraction of sp³-hybridized carbons (Fsp3) is 0.188. The quantitative estimate of drug-likeness (QED) is 0.343. The van der Waals surface area contributed by atoms with E-state index in [-0.39, 0.29) is 17.7 Å².